The third-order valence-electron chi connectivity index (χ3n) is 2.17. The molecule has 2 rings (SSSR count). The monoisotopic (exact) mass is 228 g/mol. The molecular formula is C13H9FN2O. The Morgan fingerprint density at radius 1 is 1.29 bits per heavy atom. The molecule has 0 fully saturated rings. The van der Waals surface area contributed by atoms with Crippen molar-refractivity contribution in [3.05, 3.63) is 53.5 Å². The van der Waals surface area contributed by atoms with E-state index in [1.165, 1.54) is 18.3 Å². The predicted octanol–water partition coefficient (Wildman–Crippen LogP) is 3.19. The van der Waals surface area contributed by atoms with Crippen LogP contribution in [-0.4, -0.2) is 4.98 Å². The highest BCUT2D eigenvalue weighted by Gasteiger charge is 2.05. The first-order chi connectivity index (χ1) is 8.19. The first-order valence-electron chi connectivity index (χ1n) is 4.99. The molecule has 0 atom stereocenters. The number of benzene rings is 1. The van der Waals surface area contributed by atoms with Crippen molar-refractivity contribution in [2.45, 2.75) is 6.92 Å². The second kappa shape index (κ2) is 4.62. The van der Waals surface area contributed by atoms with E-state index in [0.717, 1.165) is 5.56 Å². The lowest BCUT2D eigenvalue weighted by molar-refractivity contribution is 0.427. The predicted molar refractivity (Wildman–Crippen MR) is 60.2 cm³/mol. The molecule has 17 heavy (non-hydrogen) atoms. The second-order valence-electron chi connectivity index (χ2n) is 3.53. The number of hydrogen-bond donors (Lipinski definition) is 0. The van der Waals surface area contributed by atoms with Gasteiger partial charge in [-0.3, -0.25) is 0 Å². The maximum atomic E-state index is 13.4. The van der Waals surface area contributed by atoms with Crippen molar-refractivity contribution in [2.75, 3.05) is 0 Å². The lowest BCUT2D eigenvalue weighted by Gasteiger charge is -2.06. The molecule has 0 unspecified atom stereocenters. The molecule has 84 valence electrons. The van der Waals surface area contributed by atoms with E-state index in [4.69, 9.17) is 10.00 Å². The van der Waals surface area contributed by atoms with Crippen LogP contribution in [0.25, 0.3) is 0 Å². The molecule has 1 aromatic heterocycles. The Balaban J connectivity index is 2.25. The maximum absolute atomic E-state index is 13.4. The molecule has 4 heteroatoms. The van der Waals surface area contributed by atoms with E-state index >= 15 is 0 Å². The van der Waals surface area contributed by atoms with Gasteiger partial charge in [-0.25, -0.2) is 9.37 Å². The minimum atomic E-state index is -0.443. The largest absolute Gasteiger partial charge is 0.436 e. The van der Waals surface area contributed by atoms with Gasteiger partial charge >= 0.3 is 0 Å². The Morgan fingerprint density at radius 2 is 2.12 bits per heavy atom. The van der Waals surface area contributed by atoms with Crippen molar-refractivity contribution < 1.29 is 9.13 Å². The zero-order valence-corrected chi connectivity index (χ0v) is 9.14. The molecule has 0 aliphatic heterocycles. The Hall–Kier alpha value is -2.41. The highest BCUT2D eigenvalue weighted by molar-refractivity contribution is 5.34. The summed E-state index contributed by atoms with van der Waals surface area (Å²) in [5.74, 6) is -0.0579. The van der Waals surface area contributed by atoms with Crippen LogP contribution in [0.15, 0.2) is 36.5 Å². The summed E-state index contributed by atoms with van der Waals surface area (Å²) in [6.45, 7) is 1.85. The summed E-state index contributed by atoms with van der Waals surface area (Å²) >= 11 is 0. The summed E-state index contributed by atoms with van der Waals surface area (Å²) in [5.41, 5.74) is 1.33. The number of rotatable bonds is 2. The van der Waals surface area contributed by atoms with Crippen LogP contribution in [-0.2, 0) is 0 Å². The lowest BCUT2D eigenvalue weighted by Crippen LogP contribution is -1.91. The van der Waals surface area contributed by atoms with Gasteiger partial charge in [-0.15, -0.1) is 0 Å². The van der Waals surface area contributed by atoms with Crippen LogP contribution < -0.4 is 4.74 Å². The minimum absolute atomic E-state index is 0.127. The standard InChI is InChI=1S/C13H9FN2O/c1-9-2-4-11(14)12(6-9)17-13-5-3-10(7-15)8-16-13/h2-6,8H,1H3. The SMILES string of the molecule is Cc1ccc(F)c(Oc2ccc(C#N)cn2)c1. The summed E-state index contributed by atoms with van der Waals surface area (Å²) in [7, 11) is 0. The summed E-state index contributed by atoms with van der Waals surface area (Å²) in [4.78, 5) is 3.90. The fourth-order valence-electron chi connectivity index (χ4n) is 1.31. The van der Waals surface area contributed by atoms with Crippen molar-refractivity contribution in [1.29, 1.82) is 5.26 Å². The van der Waals surface area contributed by atoms with Gasteiger partial charge in [0, 0.05) is 12.3 Å². The van der Waals surface area contributed by atoms with E-state index in [-0.39, 0.29) is 11.6 Å². The molecule has 0 aliphatic rings. The number of ether oxygens (including phenoxy) is 1. The van der Waals surface area contributed by atoms with Gasteiger partial charge in [0.2, 0.25) is 5.88 Å². The van der Waals surface area contributed by atoms with Crippen LogP contribution >= 0.6 is 0 Å². The fourth-order valence-corrected chi connectivity index (χ4v) is 1.31. The highest BCUT2D eigenvalue weighted by atomic mass is 19.1. The molecule has 0 spiro atoms. The Bertz CT molecular complexity index is 573. The topological polar surface area (TPSA) is 45.9 Å². The second-order valence-corrected chi connectivity index (χ2v) is 3.53. The van der Waals surface area contributed by atoms with Crippen LogP contribution in [0, 0.1) is 24.1 Å². The highest BCUT2D eigenvalue weighted by Crippen LogP contribution is 2.23. The number of hydrogen-bond acceptors (Lipinski definition) is 3. The Kier molecular flexibility index (Phi) is 3.01. The zero-order valence-electron chi connectivity index (χ0n) is 9.14. The van der Waals surface area contributed by atoms with Crippen molar-refractivity contribution in [3.8, 4) is 17.7 Å². The number of nitrogens with zero attached hydrogens (tertiary/aromatic N) is 2. The van der Waals surface area contributed by atoms with Crippen LogP contribution in [0.3, 0.4) is 0 Å². The van der Waals surface area contributed by atoms with Crippen molar-refractivity contribution in [2.24, 2.45) is 0 Å². The number of pyridine rings is 1. The molecule has 2 aromatic rings. The van der Waals surface area contributed by atoms with Gasteiger partial charge in [-0.2, -0.15) is 5.26 Å². The van der Waals surface area contributed by atoms with Crippen LogP contribution in [0.4, 0.5) is 4.39 Å². The third-order valence-corrected chi connectivity index (χ3v) is 2.17. The average molecular weight is 228 g/mol. The van der Waals surface area contributed by atoms with Gasteiger partial charge in [0.1, 0.15) is 6.07 Å². The van der Waals surface area contributed by atoms with E-state index in [2.05, 4.69) is 4.98 Å². The molecular weight excluding hydrogens is 219 g/mol. The molecule has 1 heterocycles. The Morgan fingerprint density at radius 3 is 2.76 bits per heavy atom. The van der Waals surface area contributed by atoms with Gasteiger partial charge in [-0.05, 0) is 30.7 Å². The van der Waals surface area contributed by atoms with Gasteiger partial charge in [0.25, 0.3) is 0 Å². The van der Waals surface area contributed by atoms with Crippen LogP contribution in [0.2, 0.25) is 0 Å². The molecule has 3 nitrogen and oxygen atoms in total. The first kappa shape index (κ1) is 11.1. The van der Waals surface area contributed by atoms with Crippen molar-refractivity contribution in [3.63, 3.8) is 0 Å². The summed E-state index contributed by atoms with van der Waals surface area (Å²) in [6, 6.07) is 9.64. The molecule has 0 bridgehead atoms. The summed E-state index contributed by atoms with van der Waals surface area (Å²) < 4.78 is 18.7. The van der Waals surface area contributed by atoms with Crippen molar-refractivity contribution >= 4 is 0 Å². The molecule has 0 amide bonds. The minimum Gasteiger partial charge on any atom is -0.436 e. The van der Waals surface area contributed by atoms with E-state index in [1.807, 2.05) is 13.0 Å². The van der Waals surface area contributed by atoms with Gasteiger partial charge in [0.15, 0.2) is 11.6 Å². The van der Waals surface area contributed by atoms with Crippen LogP contribution in [0.1, 0.15) is 11.1 Å². The smallest absolute Gasteiger partial charge is 0.219 e. The van der Waals surface area contributed by atoms with Gasteiger partial charge < -0.3 is 4.74 Å². The van der Waals surface area contributed by atoms with E-state index in [1.54, 1.807) is 18.2 Å². The van der Waals surface area contributed by atoms with Crippen LogP contribution in [0.5, 0.6) is 11.6 Å². The quantitative estimate of drug-likeness (QED) is 0.792. The fraction of sp³-hybridized carbons (Fsp3) is 0.0769. The van der Waals surface area contributed by atoms with E-state index in [9.17, 15) is 4.39 Å². The molecule has 1 aromatic carbocycles. The third kappa shape index (κ3) is 2.58. The molecule has 0 saturated carbocycles. The summed E-state index contributed by atoms with van der Waals surface area (Å²) in [5, 5.41) is 8.61. The number of halogens is 1. The molecule has 0 saturated heterocycles. The number of aryl methyl sites for hydroxylation is 1. The van der Waals surface area contributed by atoms with E-state index < -0.39 is 5.82 Å². The van der Waals surface area contributed by atoms with Gasteiger partial charge in [0.05, 0.1) is 5.56 Å². The first-order valence-corrected chi connectivity index (χ1v) is 4.99. The zero-order chi connectivity index (χ0) is 12.3. The number of nitriles is 1. The Labute approximate surface area is 98.1 Å². The molecule has 0 N–H and O–H groups in total. The molecule has 0 radical (unpaired) electrons. The lowest BCUT2D eigenvalue weighted by atomic mass is 10.2. The summed E-state index contributed by atoms with van der Waals surface area (Å²) in [6.07, 6.45) is 1.38. The number of aromatic nitrogens is 1. The maximum Gasteiger partial charge on any atom is 0.219 e. The van der Waals surface area contributed by atoms with Crippen molar-refractivity contribution in [1.82, 2.24) is 4.98 Å². The normalized spacial score (nSPS) is 9.71. The van der Waals surface area contributed by atoms with Gasteiger partial charge in [-0.1, -0.05) is 6.07 Å². The van der Waals surface area contributed by atoms with E-state index in [0.29, 0.717) is 5.56 Å². The average Bonchev–Trinajstić information content (AvgIpc) is 2.35. The molecule has 0 aliphatic carbocycles.